The van der Waals surface area contributed by atoms with Gasteiger partial charge in [-0.1, -0.05) is 54.1 Å². The van der Waals surface area contributed by atoms with E-state index >= 15 is 0 Å². The Bertz CT molecular complexity index is 605. The average Bonchev–Trinajstić information content (AvgIpc) is 2.55. The van der Waals surface area contributed by atoms with Crippen LogP contribution in [0.2, 0.25) is 5.02 Å². The number of hydrogen-bond acceptors (Lipinski definition) is 3. The van der Waals surface area contributed by atoms with Crippen LogP contribution in [0, 0.1) is 0 Å². The first-order valence-electron chi connectivity index (χ1n) is 7.04. The van der Waals surface area contributed by atoms with E-state index in [2.05, 4.69) is 10.6 Å². The Morgan fingerprint density at radius 1 is 1.18 bits per heavy atom. The van der Waals surface area contributed by atoms with Gasteiger partial charge in [0, 0.05) is 12.1 Å². The average molecular weight is 319 g/mol. The number of halogens is 1. The van der Waals surface area contributed by atoms with Crippen LogP contribution in [-0.4, -0.2) is 19.5 Å². The molecule has 0 fully saturated rings. The fourth-order valence-electron chi connectivity index (χ4n) is 1.98. The Labute approximate surface area is 135 Å². The van der Waals surface area contributed by atoms with Crippen LogP contribution in [0.25, 0.3) is 0 Å². The van der Waals surface area contributed by atoms with Gasteiger partial charge in [-0.3, -0.25) is 10.1 Å². The van der Waals surface area contributed by atoms with Crippen molar-refractivity contribution in [1.82, 2.24) is 10.6 Å². The van der Waals surface area contributed by atoms with Gasteiger partial charge in [0.15, 0.2) is 0 Å². The van der Waals surface area contributed by atoms with E-state index in [9.17, 15) is 4.79 Å². The molecular formula is C17H19ClN2O2. The third-order valence-corrected chi connectivity index (χ3v) is 3.37. The summed E-state index contributed by atoms with van der Waals surface area (Å²) in [4.78, 5) is 11.4. The molecule has 116 valence electrons. The molecule has 2 aromatic rings. The van der Waals surface area contributed by atoms with Crippen LogP contribution in [0.5, 0.6) is 0 Å². The molecule has 0 saturated heterocycles. The molecule has 22 heavy (non-hydrogen) atoms. The van der Waals surface area contributed by atoms with Gasteiger partial charge in [-0.25, -0.2) is 0 Å². The highest BCUT2D eigenvalue weighted by Gasteiger charge is 2.12. The summed E-state index contributed by atoms with van der Waals surface area (Å²) in [5.74, 6) is -0.0905. The minimum absolute atomic E-state index is 0.0905. The zero-order valence-electron chi connectivity index (χ0n) is 12.4. The van der Waals surface area contributed by atoms with Gasteiger partial charge in [0.1, 0.15) is 6.23 Å². The smallest absolute Gasteiger partial charge is 0.233 e. The number of carbonyl (C=O) groups is 1. The van der Waals surface area contributed by atoms with Gasteiger partial charge in [0.25, 0.3) is 0 Å². The van der Waals surface area contributed by atoms with Crippen LogP contribution in [0.3, 0.4) is 0 Å². The first kappa shape index (κ1) is 16.5. The van der Waals surface area contributed by atoms with Gasteiger partial charge >= 0.3 is 0 Å². The second-order valence-corrected chi connectivity index (χ2v) is 5.22. The molecule has 2 aromatic carbocycles. The highest BCUT2D eigenvalue weighted by molar-refractivity contribution is 6.30. The Balaban J connectivity index is 2.02. The van der Waals surface area contributed by atoms with E-state index in [1.165, 1.54) is 0 Å². The second kappa shape index (κ2) is 8.54. The van der Waals surface area contributed by atoms with Crippen LogP contribution in [0.15, 0.2) is 54.6 Å². The van der Waals surface area contributed by atoms with Gasteiger partial charge in [0.2, 0.25) is 5.91 Å². The summed E-state index contributed by atoms with van der Waals surface area (Å²) in [5.41, 5.74) is 1.95. The molecule has 0 heterocycles. The monoisotopic (exact) mass is 318 g/mol. The molecule has 0 aromatic heterocycles. The lowest BCUT2D eigenvalue weighted by Gasteiger charge is -2.19. The molecule has 0 aliphatic rings. The van der Waals surface area contributed by atoms with E-state index in [0.29, 0.717) is 11.6 Å². The fourth-order valence-corrected chi connectivity index (χ4v) is 2.19. The topological polar surface area (TPSA) is 50.4 Å². The van der Waals surface area contributed by atoms with Crippen molar-refractivity contribution in [2.24, 2.45) is 0 Å². The van der Waals surface area contributed by atoms with Crippen LogP contribution < -0.4 is 10.6 Å². The molecule has 0 bridgehead atoms. The zero-order chi connectivity index (χ0) is 15.8. The maximum absolute atomic E-state index is 11.4. The summed E-state index contributed by atoms with van der Waals surface area (Å²) < 4.78 is 5.91. The summed E-state index contributed by atoms with van der Waals surface area (Å²) in [6.45, 7) is 0.590. The number of likely N-dealkylation sites (N-methyl/N-ethyl adjacent to an activating group) is 1. The third kappa shape index (κ3) is 5.15. The number of ether oxygens (including phenoxy) is 1. The number of hydrogen-bond donors (Lipinski definition) is 2. The third-order valence-electron chi connectivity index (χ3n) is 3.13. The molecule has 0 radical (unpaired) electrons. The minimum Gasteiger partial charge on any atom is -0.358 e. The quantitative estimate of drug-likeness (QED) is 0.772. The van der Waals surface area contributed by atoms with Crippen molar-refractivity contribution in [1.29, 1.82) is 0 Å². The van der Waals surface area contributed by atoms with E-state index in [1.54, 1.807) is 7.05 Å². The highest BCUT2D eigenvalue weighted by Crippen LogP contribution is 2.18. The Morgan fingerprint density at radius 2 is 1.95 bits per heavy atom. The zero-order valence-corrected chi connectivity index (χ0v) is 13.1. The minimum atomic E-state index is -0.363. The maximum atomic E-state index is 11.4. The lowest BCUT2D eigenvalue weighted by molar-refractivity contribution is -0.120. The molecule has 0 aliphatic carbocycles. The van der Waals surface area contributed by atoms with Crippen molar-refractivity contribution < 1.29 is 9.53 Å². The SMILES string of the molecule is CNC(=O)CNC(OCc1cccc(Cl)c1)c1ccccc1. The molecule has 1 unspecified atom stereocenters. The molecule has 1 atom stereocenters. The van der Waals surface area contributed by atoms with Crippen molar-refractivity contribution in [3.63, 3.8) is 0 Å². The Morgan fingerprint density at radius 3 is 2.64 bits per heavy atom. The standard InChI is InChI=1S/C17H19ClN2O2/c1-19-16(21)11-20-17(14-7-3-2-4-8-14)22-12-13-6-5-9-15(18)10-13/h2-10,17,20H,11-12H2,1H3,(H,19,21). The van der Waals surface area contributed by atoms with Gasteiger partial charge in [0.05, 0.1) is 13.2 Å². The number of amides is 1. The molecule has 2 rings (SSSR count). The highest BCUT2D eigenvalue weighted by atomic mass is 35.5. The van der Waals surface area contributed by atoms with Crippen molar-refractivity contribution in [3.8, 4) is 0 Å². The first-order chi connectivity index (χ1) is 10.7. The van der Waals surface area contributed by atoms with E-state index in [0.717, 1.165) is 11.1 Å². The van der Waals surface area contributed by atoms with Crippen LogP contribution in [0.4, 0.5) is 0 Å². The van der Waals surface area contributed by atoms with Crippen molar-refractivity contribution in [3.05, 3.63) is 70.7 Å². The van der Waals surface area contributed by atoms with Crippen molar-refractivity contribution in [2.45, 2.75) is 12.8 Å². The van der Waals surface area contributed by atoms with Crippen LogP contribution >= 0.6 is 11.6 Å². The number of carbonyl (C=O) groups excluding carboxylic acids is 1. The summed E-state index contributed by atoms with van der Waals surface area (Å²) in [6.07, 6.45) is -0.363. The molecule has 0 aliphatic heterocycles. The summed E-state index contributed by atoms with van der Waals surface area (Å²) >= 11 is 5.97. The van der Waals surface area contributed by atoms with E-state index in [4.69, 9.17) is 16.3 Å². The van der Waals surface area contributed by atoms with Crippen molar-refractivity contribution in [2.75, 3.05) is 13.6 Å². The molecule has 0 saturated carbocycles. The van der Waals surface area contributed by atoms with Gasteiger partial charge < -0.3 is 10.1 Å². The van der Waals surface area contributed by atoms with Gasteiger partial charge in [-0.15, -0.1) is 0 Å². The molecule has 4 nitrogen and oxygen atoms in total. The second-order valence-electron chi connectivity index (χ2n) is 4.79. The lowest BCUT2D eigenvalue weighted by atomic mass is 10.2. The first-order valence-corrected chi connectivity index (χ1v) is 7.42. The molecule has 0 spiro atoms. The number of benzene rings is 2. The van der Waals surface area contributed by atoms with Crippen molar-refractivity contribution >= 4 is 17.5 Å². The van der Waals surface area contributed by atoms with Gasteiger partial charge in [-0.05, 0) is 23.3 Å². The summed E-state index contributed by atoms with van der Waals surface area (Å²) in [5, 5.41) is 6.36. The summed E-state index contributed by atoms with van der Waals surface area (Å²) in [7, 11) is 1.61. The van der Waals surface area contributed by atoms with E-state index < -0.39 is 0 Å². The van der Waals surface area contributed by atoms with Crippen LogP contribution in [0.1, 0.15) is 17.4 Å². The predicted molar refractivity (Wildman–Crippen MR) is 87.5 cm³/mol. The number of rotatable bonds is 7. The predicted octanol–water partition coefficient (Wildman–Crippen LogP) is 2.89. The lowest BCUT2D eigenvalue weighted by Crippen LogP contribution is -2.34. The molecule has 5 heteroatoms. The largest absolute Gasteiger partial charge is 0.358 e. The number of nitrogens with one attached hydrogen (secondary N) is 2. The Kier molecular flexibility index (Phi) is 6.40. The van der Waals surface area contributed by atoms with E-state index in [-0.39, 0.29) is 18.7 Å². The normalized spacial score (nSPS) is 11.9. The Hall–Kier alpha value is -1.88. The fraction of sp³-hybridized carbons (Fsp3) is 0.235. The van der Waals surface area contributed by atoms with Gasteiger partial charge in [-0.2, -0.15) is 0 Å². The molecular weight excluding hydrogens is 300 g/mol. The molecule has 1 amide bonds. The molecule has 2 N–H and O–H groups in total. The van der Waals surface area contributed by atoms with Crippen LogP contribution in [-0.2, 0) is 16.1 Å². The summed E-state index contributed by atoms with van der Waals surface area (Å²) in [6, 6.07) is 17.3. The van der Waals surface area contributed by atoms with E-state index in [1.807, 2.05) is 54.6 Å². The maximum Gasteiger partial charge on any atom is 0.233 e.